The lowest BCUT2D eigenvalue weighted by Gasteiger charge is -2.20. The molecule has 0 saturated carbocycles. The normalized spacial score (nSPS) is 11.7. The van der Waals surface area contributed by atoms with Gasteiger partial charge in [-0.25, -0.2) is 8.42 Å². The summed E-state index contributed by atoms with van der Waals surface area (Å²) in [7, 11) is -3.53. The van der Waals surface area contributed by atoms with Gasteiger partial charge in [-0.2, -0.15) is 16.1 Å². The number of sulfonamides is 1. The Balaban J connectivity index is 3.16. The van der Waals surface area contributed by atoms with Crippen LogP contribution in [0.25, 0.3) is 0 Å². The summed E-state index contributed by atoms with van der Waals surface area (Å²) in [6.07, 6.45) is 1.84. The van der Waals surface area contributed by atoms with E-state index in [1.54, 1.807) is 32.9 Å². The molecule has 0 radical (unpaired) electrons. The highest BCUT2D eigenvalue weighted by Gasteiger charge is 2.23. The minimum atomic E-state index is -3.53. The van der Waals surface area contributed by atoms with Crippen molar-refractivity contribution in [2.24, 2.45) is 0 Å². The van der Waals surface area contributed by atoms with Crippen molar-refractivity contribution < 1.29 is 13.2 Å². The quantitative estimate of drug-likeness (QED) is 0.833. The number of nitrogens with zero attached hydrogens (tertiary/aromatic N) is 1. The van der Waals surface area contributed by atoms with Crippen molar-refractivity contribution in [3.63, 3.8) is 0 Å². The summed E-state index contributed by atoms with van der Waals surface area (Å²) in [5, 5.41) is 2.71. The van der Waals surface area contributed by atoms with Crippen LogP contribution in [0.2, 0.25) is 0 Å². The van der Waals surface area contributed by atoms with Gasteiger partial charge in [0.25, 0.3) is 0 Å². The van der Waals surface area contributed by atoms with Crippen molar-refractivity contribution >= 4 is 33.4 Å². The predicted molar refractivity (Wildman–Crippen MR) is 88.3 cm³/mol. The van der Waals surface area contributed by atoms with Crippen molar-refractivity contribution in [3.8, 4) is 0 Å². The fourth-order valence-corrected chi connectivity index (χ4v) is 4.03. The monoisotopic (exact) mass is 330 g/mol. The molecule has 0 fully saturated rings. The van der Waals surface area contributed by atoms with E-state index in [4.69, 9.17) is 0 Å². The van der Waals surface area contributed by atoms with Gasteiger partial charge < -0.3 is 5.32 Å². The minimum Gasteiger partial charge on any atom is -0.325 e. The fraction of sp³-hybridized carbons (Fsp3) is 0.500. The smallest absolute Gasteiger partial charge is 0.243 e. The number of aryl methyl sites for hydroxylation is 1. The minimum absolute atomic E-state index is 0.141. The maximum Gasteiger partial charge on any atom is 0.243 e. The maximum atomic E-state index is 12.6. The van der Waals surface area contributed by atoms with E-state index in [-0.39, 0.29) is 10.8 Å². The molecule has 1 aromatic carbocycles. The van der Waals surface area contributed by atoms with Gasteiger partial charge in [-0.3, -0.25) is 4.79 Å². The first-order valence-corrected chi connectivity index (χ1v) is 9.59. The van der Waals surface area contributed by atoms with Gasteiger partial charge in [-0.05, 0) is 30.9 Å². The maximum absolute atomic E-state index is 12.6. The molecule has 5 nitrogen and oxygen atoms in total. The third-order valence-corrected chi connectivity index (χ3v) is 5.81. The Morgan fingerprint density at radius 3 is 2.43 bits per heavy atom. The van der Waals surface area contributed by atoms with Crippen LogP contribution in [0.1, 0.15) is 19.4 Å². The van der Waals surface area contributed by atoms with Crippen LogP contribution in [0, 0.1) is 6.92 Å². The van der Waals surface area contributed by atoms with Gasteiger partial charge >= 0.3 is 0 Å². The second-order valence-electron chi connectivity index (χ2n) is 4.55. The number of benzene rings is 1. The molecule has 118 valence electrons. The zero-order valence-electron chi connectivity index (χ0n) is 12.8. The average Bonchev–Trinajstić information content (AvgIpc) is 2.42. The highest BCUT2D eigenvalue weighted by atomic mass is 32.2. The lowest BCUT2D eigenvalue weighted by atomic mass is 10.2. The van der Waals surface area contributed by atoms with E-state index in [9.17, 15) is 13.2 Å². The topological polar surface area (TPSA) is 66.5 Å². The van der Waals surface area contributed by atoms with Gasteiger partial charge in [0, 0.05) is 18.8 Å². The first kappa shape index (κ1) is 18.0. The Bertz CT molecular complexity index is 596. The van der Waals surface area contributed by atoms with Crippen LogP contribution >= 0.6 is 11.8 Å². The molecule has 0 spiro atoms. The molecular weight excluding hydrogens is 308 g/mol. The van der Waals surface area contributed by atoms with Crippen LogP contribution in [0.4, 0.5) is 5.69 Å². The number of thioether (sulfide) groups is 1. The van der Waals surface area contributed by atoms with Crippen LogP contribution in [-0.2, 0) is 14.8 Å². The van der Waals surface area contributed by atoms with Gasteiger partial charge in [0.1, 0.15) is 0 Å². The van der Waals surface area contributed by atoms with E-state index >= 15 is 0 Å². The number of hydrogen-bond donors (Lipinski definition) is 1. The van der Waals surface area contributed by atoms with Gasteiger partial charge in [0.05, 0.1) is 10.6 Å². The summed E-state index contributed by atoms with van der Waals surface area (Å²) < 4.78 is 26.6. The Morgan fingerprint density at radius 1 is 1.29 bits per heavy atom. The summed E-state index contributed by atoms with van der Waals surface area (Å²) in [6.45, 7) is 6.20. The zero-order valence-corrected chi connectivity index (χ0v) is 14.5. The lowest BCUT2D eigenvalue weighted by Crippen LogP contribution is -2.31. The van der Waals surface area contributed by atoms with Gasteiger partial charge in [0.2, 0.25) is 15.9 Å². The predicted octanol–water partition coefficient (Wildman–Crippen LogP) is 2.33. The van der Waals surface area contributed by atoms with Crippen LogP contribution < -0.4 is 5.32 Å². The van der Waals surface area contributed by atoms with Crippen molar-refractivity contribution in [3.05, 3.63) is 23.8 Å². The average molecular weight is 330 g/mol. The molecular formula is C14H22N2O3S2. The molecule has 0 bridgehead atoms. The highest BCUT2D eigenvalue weighted by molar-refractivity contribution is 7.99. The standard InChI is InChI=1S/C14H22N2O3S2/c1-5-16(6-2)21(18,19)13-9-12(8-7-11(13)3)15-14(17)10-20-4/h7-9H,5-6,10H2,1-4H3,(H,15,17). The summed E-state index contributed by atoms with van der Waals surface area (Å²) in [5.74, 6) is 0.198. The molecule has 21 heavy (non-hydrogen) atoms. The Kier molecular flexibility index (Phi) is 6.70. The molecule has 1 rings (SSSR count). The van der Waals surface area contributed by atoms with Crippen LogP contribution in [0.15, 0.2) is 23.1 Å². The first-order chi connectivity index (χ1) is 9.86. The molecule has 0 aliphatic rings. The van der Waals surface area contributed by atoms with Gasteiger partial charge in [-0.15, -0.1) is 0 Å². The first-order valence-electron chi connectivity index (χ1n) is 6.76. The molecule has 7 heteroatoms. The number of nitrogens with one attached hydrogen (secondary N) is 1. The molecule has 0 heterocycles. The molecule has 0 aliphatic carbocycles. The molecule has 0 unspecified atom stereocenters. The summed E-state index contributed by atoms with van der Waals surface area (Å²) in [5.41, 5.74) is 1.18. The summed E-state index contributed by atoms with van der Waals surface area (Å²) >= 11 is 1.42. The van der Waals surface area contributed by atoms with E-state index in [1.165, 1.54) is 22.1 Å². The lowest BCUT2D eigenvalue weighted by molar-refractivity contribution is -0.113. The van der Waals surface area contributed by atoms with Crippen molar-refractivity contribution in [2.75, 3.05) is 30.4 Å². The third kappa shape index (κ3) is 4.46. The van der Waals surface area contributed by atoms with Gasteiger partial charge in [-0.1, -0.05) is 19.9 Å². The zero-order chi connectivity index (χ0) is 16.0. The van der Waals surface area contributed by atoms with E-state index in [0.29, 0.717) is 30.1 Å². The molecule has 1 aromatic rings. The Hall–Kier alpha value is -1.05. The molecule has 0 aromatic heterocycles. The van der Waals surface area contributed by atoms with Gasteiger partial charge in [0.15, 0.2) is 0 Å². The van der Waals surface area contributed by atoms with E-state index in [0.717, 1.165) is 0 Å². The second kappa shape index (κ2) is 7.82. The SMILES string of the molecule is CCN(CC)S(=O)(=O)c1cc(NC(=O)CSC)ccc1C. The van der Waals surface area contributed by atoms with E-state index in [2.05, 4.69) is 5.32 Å². The number of hydrogen-bond acceptors (Lipinski definition) is 4. The van der Waals surface area contributed by atoms with Crippen molar-refractivity contribution in [1.82, 2.24) is 4.31 Å². The van der Waals surface area contributed by atoms with Crippen molar-refractivity contribution in [1.29, 1.82) is 0 Å². The van der Waals surface area contributed by atoms with E-state index in [1.807, 2.05) is 6.26 Å². The summed E-state index contributed by atoms with van der Waals surface area (Å²) in [6, 6.07) is 4.96. The molecule has 0 atom stereocenters. The molecule has 0 saturated heterocycles. The number of carbonyl (C=O) groups is 1. The number of amides is 1. The third-order valence-electron chi connectivity index (χ3n) is 3.07. The van der Waals surface area contributed by atoms with Crippen LogP contribution in [-0.4, -0.2) is 43.7 Å². The molecule has 0 aliphatic heterocycles. The molecule has 1 amide bonds. The second-order valence-corrected chi connectivity index (χ2v) is 7.32. The van der Waals surface area contributed by atoms with Crippen LogP contribution in [0.5, 0.6) is 0 Å². The summed E-state index contributed by atoms with van der Waals surface area (Å²) in [4.78, 5) is 11.9. The number of anilines is 1. The highest BCUT2D eigenvalue weighted by Crippen LogP contribution is 2.23. The Morgan fingerprint density at radius 2 is 1.90 bits per heavy atom. The Labute approximate surface area is 131 Å². The van der Waals surface area contributed by atoms with Crippen LogP contribution in [0.3, 0.4) is 0 Å². The van der Waals surface area contributed by atoms with E-state index < -0.39 is 10.0 Å². The number of rotatable bonds is 7. The fourth-order valence-electron chi connectivity index (χ4n) is 1.99. The largest absolute Gasteiger partial charge is 0.325 e. The van der Waals surface area contributed by atoms with Crippen molar-refractivity contribution in [2.45, 2.75) is 25.7 Å². The molecule has 1 N–H and O–H groups in total. The number of carbonyl (C=O) groups excluding carboxylic acids is 1.